The molecule has 0 amide bonds. The summed E-state index contributed by atoms with van der Waals surface area (Å²) in [5.41, 5.74) is 0.620. The number of thioether (sulfide) groups is 1. The van der Waals surface area contributed by atoms with Crippen molar-refractivity contribution in [2.45, 2.75) is 18.9 Å². The molecule has 1 aromatic rings. The molecule has 0 saturated carbocycles. The van der Waals surface area contributed by atoms with E-state index in [0.29, 0.717) is 11.7 Å². The number of rotatable bonds is 2. The Bertz CT molecular complexity index is 339. The van der Waals surface area contributed by atoms with E-state index in [1.165, 1.54) is 17.6 Å². The molecule has 1 fully saturated rings. The van der Waals surface area contributed by atoms with Crippen LogP contribution in [0.1, 0.15) is 12.8 Å². The van der Waals surface area contributed by atoms with Crippen LogP contribution in [0.4, 0.5) is 10.1 Å². The Balaban J connectivity index is 2.03. The summed E-state index contributed by atoms with van der Waals surface area (Å²) in [6.07, 6.45) is 2.25. The molecule has 0 aromatic heterocycles. The standard InChI is InChI=1S/C11H13BrFNS/c12-8-1-2-11(10(13)7-8)14-9-3-5-15-6-4-9/h1-2,7,9,14H,3-6H2. The van der Waals surface area contributed by atoms with Crippen LogP contribution in [0.25, 0.3) is 0 Å². The van der Waals surface area contributed by atoms with E-state index < -0.39 is 0 Å². The van der Waals surface area contributed by atoms with Crippen LogP contribution >= 0.6 is 27.7 Å². The Morgan fingerprint density at radius 3 is 2.73 bits per heavy atom. The highest BCUT2D eigenvalue weighted by atomic mass is 79.9. The molecule has 1 nitrogen and oxygen atoms in total. The van der Waals surface area contributed by atoms with Gasteiger partial charge in [0.05, 0.1) is 5.69 Å². The molecule has 1 aliphatic rings. The highest BCUT2D eigenvalue weighted by molar-refractivity contribution is 9.10. The minimum atomic E-state index is -0.178. The van der Waals surface area contributed by atoms with Crippen molar-refractivity contribution in [3.05, 3.63) is 28.5 Å². The second-order valence-electron chi connectivity index (χ2n) is 3.66. The van der Waals surface area contributed by atoms with Crippen molar-refractivity contribution in [1.82, 2.24) is 0 Å². The molecule has 1 aliphatic heterocycles. The van der Waals surface area contributed by atoms with E-state index in [9.17, 15) is 4.39 Å². The Hall–Kier alpha value is -0.220. The lowest BCUT2D eigenvalue weighted by Crippen LogP contribution is -2.24. The van der Waals surface area contributed by atoms with Crippen LogP contribution in [0.15, 0.2) is 22.7 Å². The highest BCUT2D eigenvalue weighted by Gasteiger charge is 2.14. The molecule has 2 rings (SSSR count). The van der Waals surface area contributed by atoms with E-state index in [0.717, 1.165) is 17.3 Å². The zero-order valence-corrected chi connectivity index (χ0v) is 10.7. The van der Waals surface area contributed by atoms with Crippen LogP contribution in [0.3, 0.4) is 0 Å². The van der Waals surface area contributed by atoms with Crippen LogP contribution in [-0.2, 0) is 0 Å². The van der Waals surface area contributed by atoms with Crippen LogP contribution in [0.2, 0.25) is 0 Å². The average Bonchev–Trinajstić information content (AvgIpc) is 2.24. The predicted octanol–water partition coefficient (Wildman–Crippen LogP) is 3.90. The maximum Gasteiger partial charge on any atom is 0.147 e. The van der Waals surface area contributed by atoms with Crippen LogP contribution in [0, 0.1) is 5.82 Å². The van der Waals surface area contributed by atoms with E-state index in [2.05, 4.69) is 21.2 Å². The lowest BCUT2D eigenvalue weighted by Gasteiger charge is -2.23. The van der Waals surface area contributed by atoms with Crippen LogP contribution < -0.4 is 5.32 Å². The first-order chi connectivity index (χ1) is 7.25. The predicted molar refractivity (Wildman–Crippen MR) is 68.1 cm³/mol. The summed E-state index contributed by atoms with van der Waals surface area (Å²) in [7, 11) is 0. The number of nitrogens with one attached hydrogen (secondary N) is 1. The average molecular weight is 290 g/mol. The van der Waals surface area contributed by atoms with Crippen molar-refractivity contribution >= 4 is 33.4 Å². The van der Waals surface area contributed by atoms with Gasteiger partial charge in [-0.2, -0.15) is 11.8 Å². The van der Waals surface area contributed by atoms with Crippen molar-refractivity contribution in [1.29, 1.82) is 0 Å². The first-order valence-electron chi connectivity index (χ1n) is 5.05. The lowest BCUT2D eigenvalue weighted by atomic mass is 10.1. The van der Waals surface area contributed by atoms with E-state index in [1.54, 1.807) is 6.07 Å². The minimum Gasteiger partial charge on any atom is -0.380 e. The Kier molecular flexibility index (Phi) is 3.92. The molecule has 0 bridgehead atoms. The van der Waals surface area contributed by atoms with Gasteiger partial charge in [-0.1, -0.05) is 15.9 Å². The maximum absolute atomic E-state index is 13.5. The monoisotopic (exact) mass is 289 g/mol. The molecule has 0 radical (unpaired) electrons. The number of hydrogen-bond acceptors (Lipinski definition) is 2. The molecule has 0 atom stereocenters. The summed E-state index contributed by atoms with van der Waals surface area (Å²) in [6, 6.07) is 5.59. The SMILES string of the molecule is Fc1cc(Br)ccc1NC1CCSCC1. The van der Waals surface area contributed by atoms with Crippen molar-refractivity contribution in [3.8, 4) is 0 Å². The second kappa shape index (κ2) is 5.21. The third-order valence-electron chi connectivity index (χ3n) is 2.51. The molecule has 1 heterocycles. The number of hydrogen-bond donors (Lipinski definition) is 1. The first-order valence-corrected chi connectivity index (χ1v) is 7.00. The zero-order chi connectivity index (χ0) is 10.7. The number of anilines is 1. The van der Waals surface area contributed by atoms with Crippen LogP contribution in [0.5, 0.6) is 0 Å². The lowest BCUT2D eigenvalue weighted by molar-refractivity contribution is 0.614. The molecular weight excluding hydrogens is 277 g/mol. The molecule has 0 aliphatic carbocycles. The maximum atomic E-state index is 13.5. The highest BCUT2D eigenvalue weighted by Crippen LogP contribution is 2.24. The van der Waals surface area contributed by atoms with Gasteiger partial charge < -0.3 is 5.32 Å². The van der Waals surface area contributed by atoms with Crippen LogP contribution in [-0.4, -0.2) is 17.5 Å². The smallest absolute Gasteiger partial charge is 0.147 e. The van der Waals surface area contributed by atoms with E-state index in [-0.39, 0.29) is 5.82 Å². The summed E-state index contributed by atoms with van der Waals surface area (Å²) in [5.74, 6) is 2.17. The summed E-state index contributed by atoms with van der Waals surface area (Å²) < 4.78 is 14.3. The Labute approximate surface area is 102 Å². The van der Waals surface area contributed by atoms with Gasteiger partial charge in [-0.15, -0.1) is 0 Å². The Morgan fingerprint density at radius 1 is 1.33 bits per heavy atom. The fourth-order valence-electron chi connectivity index (χ4n) is 1.67. The van der Waals surface area contributed by atoms with Crippen molar-refractivity contribution in [2.24, 2.45) is 0 Å². The van der Waals surface area contributed by atoms with Gasteiger partial charge in [0, 0.05) is 10.5 Å². The molecular formula is C11H13BrFNS. The van der Waals surface area contributed by atoms with Gasteiger partial charge in [-0.25, -0.2) is 4.39 Å². The summed E-state index contributed by atoms with van der Waals surface area (Å²) in [5, 5.41) is 3.27. The fraction of sp³-hybridized carbons (Fsp3) is 0.455. The zero-order valence-electron chi connectivity index (χ0n) is 8.30. The van der Waals surface area contributed by atoms with Crippen molar-refractivity contribution in [2.75, 3.05) is 16.8 Å². The van der Waals surface area contributed by atoms with E-state index >= 15 is 0 Å². The number of benzene rings is 1. The Morgan fingerprint density at radius 2 is 2.07 bits per heavy atom. The molecule has 1 saturated heterocycles. The number of halogens is 2. The molecule has 4 heteroatoms. The van der Waals surface area contributed by atoms with Gasteiger partial charge in [0.1, 0.15) is 5.82 Å². The largest absolute Gasteiger partial charge is 0.380 e. The summed E-state index contributed by atoms with van der Waals surface area (Å²) in [4.78, 5) is 0. The molecule has 15 heavy (non-hydrogen) atoms. The van der Waals surface area contributed by atoms with Gasteiger partial charge >= 0.3 is 0 Å². The first kappa shape index (κ1) is 11.3. The van der Waals surface area contributed by atoms with E-state index in [4.69, 9.17) is 0 Å². The third-order valence-corrected chi connectivity index (χ3v) is 4.05. The van der Waals surface area contributed by atoms with Gasteiger partial charge in [0.2, 0.25) is 0 Å². The van der Waals surface area contributed by atoms with Gasteiger partial charge in [0.25, 0.3) is 0 Å². The minimum absolute atomic E-state index is 0.178. The quantitative estimate of drug-likeness (QED) is 0.886. The molecule has 0 unspecified atom stereocenters. The van der Waals surface area contributed by atoms with E-state index in [1.807, 2.05) is 17.8 Å². The molecule has 82 valence electrons. The summed E-state index contributed by atoms with van der Waals surface area (Å²) >= 11 is 5.22. The van der Waals surface area contributed by atoms with Gasteiger partial charge in [0.15, 0.2) is 0 Å². The third kappa shape index (κ3) is 3.11. The topological polar surface area (TPSA) is 12.0 Å². The second-order valence-corrected chi connectivity index (χ2v) is 5.80. The molecule has 1 N–H and O–H groups in total. The normalized spacial score (nSPS) is 17.7. The van der Waals surface area contributed by atoms with Crippen molar-refractivity contribution in [3.63, 3.8) is 0 Å². The molecule has 1 aromatic carbocycles. The summed E-state index contributed by atoms with van der Waals surface area (Å²) in [6.45, 7) is 0. The van der Waals surface area contributed by atoms with Gasteiger partial charge in [-0.05, 0) is 42.5 Å². The molecule has 0 spiro atoms. The van der Waals surface area contributed by atoms with Gasteiger partial charge in [-0.3, -0.25) is 0 Å². The fourth-order valence-corrected chi connectivity index (χ4v) is 3.11. The van der Waals surface area contributed by atoms with Crippen molar-refractivity contribution < 1.29 is 4.39 Å².